The van der Waals surface area contributed by atoms with Gasteiger partial charge in [0.25, 0.3) is 0 Å². The van der Waals surface area contributed by atoms with Crippen molar-refractivity contribution in [1.82, 2.24) is 9.80 Å². The molecule has 0 rings (SSSR count). The first-order valence-electron chi connectivity index (χ1n) is 24.0. The largest absolute Gasteiger partial charge is 0.463 e. The van der Waals surface area contributed by atoms with Crippen LogP contribution >= 0.6 is 0 Å². The van der Waals surface area contributed by atoms with Gasteiger partial charge >= 0.3 is 11.9 Å². The van der Waals surface area contributed by atoms with Crippen molar-refractivity contribution >= 4 is 11.9 Å². The summed E-state index contributed by atoms with van der Waals surface area (Å²) in [4.78, 5) is 29.6. The highest BCUT2D eigenvalue weighted by atomic mass is 16.5. The second-order valence-corrected chi connectivity index (χ2v) is 17.2. The van der Waals surface area contributed by atoms with Gasteiger partial charge in [-0.2, -0.15) is 0 Å². The lowest BCUT2D eigenvalue weighted by Gasteiger charge is -2.24. The molecule has 0 heterocycles. The van der Waals surface area contributed by atoms with Crippen LogP contribution in [0.3, 0.4) is 0 Å². The van der Waals surface area contributed by atoms with Crippen LogP contribution < -0.4 is 0 Å². The van der Waals surface area contributed by atoms with Crippen molar-refractivity contribution in [3.63, 3.8) is 0 Å². The maximum Gasteiger partial charge on any atom is 0.306 e. The smallest absolute Gasteiger partial charge is 0.306 e. The fourth-order valence-corrected chi connectivity index (χ4v) is 7.47. The van der Waals surface area contributed by atoms with Crippen molar-refractivity contribution < 1.29 is 19.1 Å². The number of hydrogen-bond acceptors (Lipinski definition) is 6. The molecule has 0 aromatic carbocycles. The molecule has 0 radical (unpaired) electrons. The Morgan fingerprint density at radius 2 is 0.685 bits per heavy atom. The number of nitrogens with zero attached hydrogens (tertiary/aromatic N) is 2. The molecule has 0 aliphatic heterocycles. The number of likely N-dealkylation sites (N-methyl/N-ethyl adjacent to an activating group) is 1. The average molecular weight is 765 g/mol. The third kappa shape index (κ3) is 40.5. The lowest BCUT2D eigenvalue weighted by atomic mass is 10.0. The highest BCUT2D eigenvalue weighted by Gasteiger charge is 2.11. The summed E-state index contributed by atoms with van der Waals surface area (Å²) in [5.41, 5.74) is 0. The number of ether oxygens (including phenoxy) is 2. The van der Waals surface area contributed by atoms with Gasteiger partial charge in [0.1, 0.15) is 0 Å². The molecule has 0 aromatic rings. The highest BCUT2D eigenvalue weighted by Crippen LogP contribution is 2.16. The molecule has 0 aromatic heterocycles. The summed E-state index contributed by atoms with van der Waals surface area (Å²) in [6.45, 7) is 13.2. The van der Waals surface area contributed by atoms with Crippen LogP contribution in [-0.2, 0) is 19.1 Å². The minimum absolute atomic E-state index is 0.00576. The van der Waals surface area contributed by atoms with Gasteiger partial charge in [0.15, 0.2) is 0 Å². The molecule has 0 saturated heterocycles. The van der Waals surface area contributed by atoms with E-state index < -0.39 is 0 Å². The van der Waals surface area contributed by atoms with Gasteiger partial charge in [-0.1, -0.05) is 168 Å². The molecule has 322 valence electrons. The summed E-state index contributed by atoms with van der Waals surface area (Å²) in [5, 5.41) is 0. The van der Waals surface area contributed by atoms with E-state index in [1.54, 1.807) is 0 Å². The van der Waals surface area contributed by atoms with Crippen LogP contribution in [-0.4, -0.2) is 74.2 Å². The van der Waals surface area contributed by atoms with Crippen LogP contribution in [0.5, 0.6) is 0 Å². The SMILES string of the molecule is CCCCCCCCCCCCC(C)OC(=O)CCCCCCCN(CCCCCCCC(=O)OC(C)CCCCCCCCCCCC)CCN(C)C. The average Bonchev–Trinajstić information content (AvgIpc) is 3.14. The van der Waals surface area contributed by atoms with Crippen molar-refractivity contribution in [2.45, 2.75) is 258 Å². The zero-order valence-corrected chi connectivity index (χ0v) is 37.6. The third-order valence-electron chi connectivity index (χ3n) is 11.2. The monoisotopic (exact) mass is 765 g/mol. The van der Waals surface area contributed by atoms with Crippen LogP contribution in [0.4, 0.5) is 0 Å². The number of carbonyl (C=O) groups excluding carboxylic acids is 2. The normalized spacial score (nSPS) is 12.8. The zero-order valence-electron chi connectivity index (χ0n) is 37.6. The molecule has 0 spiro atoms. The molecule has 2 atom stereocenters. The van der Waals surface area contributed by atoms with Gasteiger partial charge < -0.3 is 19.3 Å². The molecule has 0 aliphatic rings. The standard InChI is InChI=1S/C48H96N2O4/c1-7-9-11-13-15-17-19-21-25-31-37-45(3)53-47(51)39-33-27-23-29-35-41-50(44-43-49(5)6)42-36-30-24-28-34-40-48(52)54-46(4)38-32-26-22-20-18-16-14-12-10-8-2/h45-46H,7-44H2,1-6H3. The highest BCUT2D eigenvalue weighted by molar-refractivity contribution is 5.69. The summed E-state index contributed by atoms with van der Waals surface area (Å²) < 4.78 is 11.4. The molecule has 0 bridgehead atoms. The van der Waals surface area contributed by atoms with Crippen LogP contribution in [0.15, 0.2) is 0 Å². The van der Waals surface area contributed by atoms with Gasteiger partial charge in [-0.25, -0.2) is 0 Å². The summed E-state index contributed by atoms with van der Waals surface area (Å²) in [6.07, 6.45) is 41.5. The van der Waals surface area contributed by atoms with E-state index in [-0.39, 0.29) is 24.1 Å². The van der Waals surface area contributed by atoms with Gasteiger partial charge in [-0.15, -0.1) is 0 Å². The number of rotatable bonds is 43. The Kier molecular flexibility index (Phi) is 40.6. The Morgan fingerprint density at radius 1 is 0.389 bits per heavy atom. The number of hydrogen-bond donors (Lipinski definition) is 0. The first-order chi connectivity index (χ1) is 26.3. The number of carbonyl (C=O) groups is 2. The Balaban J connectivity index is 3.82. The second kappa shape index (κ2) is 41.5. The predicted octanol–water partition coefficient (Wildman–Crippen LogP) is 14.0. The molecule has 0 aliphatic carbocycles. The van der Waals surface area contributed by atoms with Gasteiger partial charge in [0.2, 0.25) is 0 Å². The first-order valence-corrected chi connectivity index (χ1v) is 24.0. The molecule has 54 heavy (non-hydrogen) atoms. The maximum atomic E-state index is 12.3. The summed E-state index contributed by atoms with van der Waals surface area (Å²) in [7, 11) is 4.32. The second-order valence-electron chi connectivity index (χ2n) is 17.2. The van der Waals surface area contributed by atoms with Crippen molar-refractivity contribution in [1.29, 1.82) is 0 Å². The number of unbranched alkanes of at least 4 members (excludes halogenated alkanes) is 26. The Morgan fingerprint density at radius 3 is 1.02 bits per heavy atom. The summed E-state index contributed by atoms with van der Waals surface area (Å²) >= 11 is 0. The van der Waals surface area contributed by atoms with Crippen molar-refractivity contribution in [2.24, 2.45) is 0 Å². The Bertz CT molecular complexity index is 733. The minimum Gasteiger partial charge on any atom is -0.463 e. The zero-order chi connectivity index (χ0) is 39.7. The third-order valence-corrected chi connectivity index (χ3v) is 11.2. The van der Waals surface area contributed by atoms with E-state index in [1.807, 2.05) is 0 Å². The minimum atomic E-state index is -0.00576. The van der Waals surface area contributed by atoms with Crippen LogP contribution in [0.2, 0.25) is 0 Å². The maximum absolute atomic E-state index is 12.3. The van der Waals surface area contributed by atoms with Crippen LogP contribution in [0.25, 0.3) is 0 Å². The molecule has 0 amide bonds. The first kappa shape index (κ1) is 52.9. The van der Waals surface area contributed by atoms with Crippen molar-refractivity contribution in [3.05, 3.63) is 0 Å². The van der Waals surface area contributed by atoms with Crippen molar-refractivity contribution in [2.75, 3.05) is 40.3 Å². The molecule has 0 saturated carbocycles. The summed E-state index contributed by atoms with van der Waals surface area (Å²) in [6, 6.07) is 0. The topological polar surface area (TPSA) is 59.1 Å². The van der Waals surface area contributed by atoms with Gasteiger partial charge in [-0.05, 0) is 92.4 Å². The predicted molar refractivity (Wildman–Crippen MR) is 234 cm³/mol. The van der Waals surface area contributed by atoms with Gasteiger partial charge in [0, 0.05) is 25.9 Å². The van der Waals surface area contributed by atoms with Gasteiger partial charge in [0.05, 0.1) is 12.2 Å². The lowest BCUT2D eigenvalue weighted by Crippen LogP contribution is -2.33. The van der Waals surface area contributed by atoms with Gasteiger partial charge in [-0.3, -0.25) is 9.59 Å². The fraction of sp³-hybridized carbons (Fsp3) is 0.958. The number of esters is 2. The van der Waals surface area contributed by atoms with Crippen LogP contribution in [0, 0.1) is 0 Å². The van der Waals surface area contributed by atoms with E-state index in [0.717, 1.165) is 64.7 Å². The van der Waals surface area contributed by atoms with E-state index in [1.165, 1.54) is 167 Å². The molecule has 0 fully saturated rings. The Hall–Kier alpha value is -1.14. The van der Waals surface area contributed by atoms with E-state index in [2.05, 4.69) is 51.6 Å². The fourth-order valence-electron chi connectivity index (χ4n) is 7.47. The quantitative estimate of drug-likeness (QED) is 0.0455. The van der Waals surface area contributed by atoms with Crippen molar-refractivity contribution in [3.8, 4) is 0 Å². The van der Waals surface area contributed by atoms with Crippen LogP contribution in [0.1, 0.15) is 246 Å². The van der Waals surface area contributed by atoms with E-state index in [9.17, 15) is 9.59 Å². The lowest BCUT2D eigenvalue weighted by molar-refractivity contribution is -0.149. The molecule has 0 N–H and O–H groups in total. The molecule has 6 nitrogen and oxygen atoms in total. The molecular weight excluding hydrogens is 669 g/mol. The van der Waals surface area contributed by atoms with E-state index >= 15 is 0 Å². The molecular formula is C48H96N2O4. The van der Waals surface area contributed by atoms with E-state index in [0.29, 0.717) is 12.8 Å². The summed E-state index contributed by atoms with van der Waals surface area (Å²) in [5.74, 6) is -0.0115. The molecule has 2 unspecified atom stereocenters. The molecule has 6 heteroatoms. The van der Waals surface area contributed by atoms with E-state index in [4.69, 9.17) is 9.47 Å². The Labute approximate surface area is 338 Å².